The number of halogens is 7. The third kappa shape index (κ3) is 4.81. The molecule has 26 heavy (non-hydrogen) atoms. The van der Waals surface area contributed by atoms with E-state index in [0.29, 0.717) is 12.1 Å². The van der Waals surface area contributed by atoms with E-state index in [2.05, 4.69) is 25.9 Å². The predicted octanol–water partition coefficient (Wildman–Crippen LogP) is 4.40. The summed E-state index contributed by atoms with van der Waals surface area (Å²) in [6.07, 6.45) is -7.68. The molecule has 11 heteroatoms. The van der Waals surface area contributed by atoms with Crippen molar-refractivity contribution in [2.75, 3.05) is 0 Å². The first kappa shape index (κ1) is 19.9. The Balaban J connectivity index is 2.61. The molecule has 0 spiro atoms. The highest BCUT2D eigenvalue weighted by molar-refractivity contribution is 9.12. The zero-order valence-electron chi connectivity index (χ0n) is 12.5. The number of primary amides is 1. The number of carbonyl (C=O) groups is 1. The Kier molecular flexibility index (Phi) is 5.40. The normalized spacial score (nSPS) is 13.0. The summed E-state index contributed by atoms with van der Waals surface area (Å²) in [4.78, 5) is 18.5. The van der Waals surface area contributed by atoms with E-state index in [1.807, 2.05) is 0 Å². The standard InChI is InChI=1S/C15H8BrF6N3O/c16-11(12(23)26)6-10-1-2-24-13(25-10)7-3-8(14(17,18)19)5-9(4-7)15(20,21)22/h1-6H,(H2,23,26)/b11-6+. The van der Waals surface area contributed by atoms with Gasteiger partial charge in [0.2, 0.25) is 0 Å². The van der Waals surface area contributed by atoms with Gasteiger partial charge < -0.3 is 5.73 Å². The minimum atomic E-state index is -4.98. The largest absolute Gasteiger partial charge is 0.416 e. The summed E-state index contributed by atoms with van der Waals surface area (Å²) in [6, 6.07) is 2.34. The lowest BCUT2D eigenvalue weighted by molar-refractivity contribution is -0.143. The van der Waals surface area contributed by atoms with E-state index in [0.717, 1.165) is 12.3 Å². The maximum Gasteiger partial charge on any atom is 0.416 e. The van der Waals surface area contributed by atoms with Crippen LogP contribution in [0, 0.1) is 0 Å². The summed E-state index contributed by atoms with van der Waals surface area (Å²) in [6.45, 7) is 0. The molecule has 0 bridgehead atoms. The molecule has 0 aliphatic carbocycles. The number of nitrogens with two attached hydrogens (primary N) is 1. The molecule has 1 aromatic carbocycles. The Labute approximate surface area is 150 Å². The molecule has 4 nitrogen and oxygen atoms in total. The molecule has 0 fully saturated rings. The van der Waals surface area contributed by atoms with Crippen LogP contribution in [-0.2, 0) is 17.1 Å². The van der Waals surface area contributed by atoms with Crippen LogP contribution in [0.4, 0.5) is 26.3 Å². The number of hydrogen-bond donors (Lipinski definition) is 1. The lowest BCUT2D eigenvalue weighted by atomic mass is 10.0. The number of alkyl halides is 6. The van der Waals surface area contributed by atoms with E-state index < -0.39 is 35.0 Å². The monoisotopic (exact) mass is 439 g/mol. The molecule has 1 amide bonds. The van der Waals surface area contributed by atoms with Crippen molar-refractivity contribution >= 4 is 27.9 Å². The van der Waals surface area contributed by atoms with Crippen molar-refractivity contribution in [2.45, 2.75) is 12.4 Å². The molecule has 2 aromatic rings. The number of nitrogens with zero attached hydrogens (tertiary/aromatic N) is 2. The maximum atomic E-state index is 12.9. The van der Waals surface area contributed by atoms with Gasteiger partial charge in [-0.05, 0) is 46.3 Å². The average Bonchev–Trinajstić information content (AvgIpc) is 2.53. The Hall–Kier alpha value is -2.43. The molecule has 0 saturated carbocycles. The van der Waals surface area contributed by atoms with Gasteiger partial charge in [-0.3, -0.25) is 4.79 Å². The second-order valence-corrected chi connectivity index (χ2v) is 5.81. The molecule has 0 unspecified atom stereocenters. The molecule has 2 N–H and O–H groups in total. The van der Waals surface area contributed by atoms with Crippen LogP contribution in [-0.4, -0.2) is 15.9 Å². The topological polar surface area (TPSA) is 68.9 Å². The lowest BCUT2D eigenvalue weighted by Crippen LogP contribution is -2.11. The molecule has 138 valence electrons. The predicted molar refractivity (Wildman–Crippen MR) is 83.6 cm³/mol. The zero-order valence-corrected chi connectivity index (χ0v) is 14.1. The highest BCUT2D eigenvalue weighted by Crippen LogP contribution is 2.38. The van der Waals surface area contributed by atoms with Gasteiger partial charge in [0.05, 0.1) is 21.3 Å². The third-order valence-electron chi connectivity index (χ3n) is 3.03. The van der Waals surface area contributed by atoms with Crippen LogP contribution in [0.3, 0.4) is 0 Å². The van der Waals surface area contributed by atoms with Crippen molar-refractivity contribution in [1.82, 2.24) is 9.97 Å². The SMILES string of the molecule is NC(=O)/C(Br)=C\c1ccnc(-c2cc(C(F)(F)F)cc(C(F)(F)F)c2)n1. The summed E-state index contributed by atoms with van der Waals surface area (Å²) >= 11 is 2.86. The van der Waals surface area contributed by atoms with E-state index in [1.165, 1.54) is 6.07 Å². The molecule has 1 heterocycles. The number of amides is 1. The first-order valence-electron chi connectivity index (χ1n) is 6.68. The van der Waals surface area contributed by atoms with Gasteiger partial charge in [-0.15, -0.1) is 0 Å². The van der Waals surface area contributed by atoms with E-state index in [9.17, 15) is 31.1 Å². The molecule has 0 atom stereocenters. The molecule has 0 aliphatic heterocycles. The summed E-state index contributed by atoms with van der Waals surface area (Å²) in [5.74, 6) is -1.20. The Morgan fingerprint density at radius 3 is 2.04 bits per heavy atom. The van der Waals surface area contributed by atoms with Crippen LogP contribution in [0.2, 0.25) is 0 Å². The van der Waals surface area contributed by atoms with Crippen molar-refractivity contribution in [2.24, 2.45) is 5.73 Å². The molecular weight excluding hydrogens is 432 g/mol. The van der Waals surface area contributed by atoms with Gasteiger partial charge in [-0.1, -0.05) is 0 Å². The van der Waals surface area contributed by atoms with Crippen LogP contribution >= 0.6 is 15.9 Å². The quantitative estimate of drug-likeness (QED) is 0.569. The van der Waals surface area contributed by atoms with Crippen molar-refractivity contribution < 1.29 is 31.1 Å². The average molecular weight is 440 g/mol. The Bertz CT molecular complexity index is 844. The first-order valence-corrected chi connectivity index (χ1v) is 7.47. The fraction of sp³-hybridized carbons (Fsp3) is 0.133. The van der Waals surface area contributed by atoms with Gasteiger partial charge >= 0.3 is 12.4 Å². The van der Waals surface area contributed by atoms with Gasteiger partial charge in [-0.25, -0.2) is 9.97 Å². The molecule has 2 rings (SSSR count). The highest BCUT2D eigenvalue weighted by atomic mass is 79.9. The molecule has 0 radical (unpaired) electrons. The maximum absolute atomic E-state index is 12.9. The number of hydrogen-bond acceptors (Lipinski definition) is 3. The molecule has 0 saturated heterocycles. The van der Waals surface area contributed by atoms with Crippen LogP contribution in [0.15, 0.2) is 34.9 Å². The number of benzene rings is 1. The second-order valence-electron chi connectivity index (χ2n) is 4.96. The lowest BCUT2D eigenvalue weighted by Gasteiger charge is -2.13. The summed E-state index contributed by atoms with van der Waals surface area (Å²) in [5.41, 5.74) is 1.65. The van der Waals surface area contributed by atoms with E-state index in [4.69, 9.17) is 5.73 Å². The van der Waals surface area contributed by atoms with Crippen molar-refractivity contribution in [3.05, 3.63) is 51.8 Å². The van der Waals surface area contributed by atoms with Crippen LogP contribution in [0.25, 0.3) is 17.5 Å². The molecule has 1 aromatic heterocycles. The van der Waals surface area contributed by atoms with Gasteiger partial charge in [0.15, 0.2) is 5.82 Å². The Morgan fingerprint density at radius 2 is 1.58 bits per heavy atom. The third-order valence-corrected chi connectivity index (χ3v) is 3.65. The minimum absolute atomic E-state index is 0.0108. The van der Waals surface area contributed by atoms with E-state index in [-0.39, 0.29) is 22.1 Å². The first-order chi connectivity index (χ1) is 11.9. The summed E-state index contributed by atoms with van der Waals surface area (Å²) < 4.78 is 77.4. The fourth-order valence-corrected chi connectivity index (χ4v) is 2.11. The number of carbonyl (C=O) groups excluding carboxylic acids is 1. The van der Waals surface area contributed by atoms with E-state index in [1.54, 1.807) is 0 Å². The van der Waals surface area contributed by atoms with Crippen molar-refractivity contribution in [1.29, 1.82) is 0 Å². The van der Waals surface area contributed by atoms with Gasteiger partial charge in [0, 0.05) is 11.8 Å². The van der Waals surface area contributed by atoms with E-state index >= 15 is 0 Å². The number of aromatic nitrogens is 2. The second kappa shape index (κ2) is 7.06. The number of rotatable bonds is 3. The van der Waals surface area contributed by atoms with Crippen molar-refractivity contribution in [3.63, 3.8) is 0 Å². The van der Waals surface area contributed by atoms with Crippen LogP contribution < -0.4 is 5.73 Å². The highest BCUT2D eigenvalue weighted by Gasteiger charge is 2.37. The zero-order chi connectivity index (χ0) is 19.7. The van der Waals surface area contributed by atoms with Crippen LogP contribution in [0.5, 0.6) is 0 Å². The minimum Gasteiger partial charge on any atom is -0.365 e. The Morgan fingerprint density at radius 1 is 1.04 bits per heavy atom. The smallest absolute Gasteiger partial charge is 0.365 e. The van der Waals surface area contributed by atoms with Gasteiger partial charge in [0.25, 0.3) is 5.91 Å². The molecule has 0 aliphatic rings. The fourth-order valence-electron chi connectivity index (χ4n) is 1.88. The summed E-state index contributed by atoms with van der Waals surface area (Å²) in [7, 11) is 0. The van der Waals surface area contributed by atoms with Gasteiger partial charge in [-0.2, -0.15) is 26.3 Å². The summed E-state index contributed by atoms with van der Waals surface area (Å²) in [5, 5.41) is 0. The molecular formula is C15H8BrF6N3O. The van der Waals surface area contributed by atoms with Crippen LogP contribution in [0.1, 0.15) is 16.8 Å². The van der Waals surface area contributed by atoms with Gasteiger partial charge in [0.1, 0.15) is 0 Å². The van der Waals surface area contributed by atoms with Crippen molar-refractivity contribution in [3.8, 4) is 11.4 Å².